The van der Waals surface area contributed by atoms with Crippen molar-refractivity contribution < 1.29 is 4.42 Å². The summed E-state index contributed by atoms with van der Waals surface area (Å²) in [7, 11) is 0. The van der Waals surface area contributed by atoms with E-state index in [1.54, 1.807) is 0 Å². The Morgan fingerprint density at radius 2 is 2.07 bits per heavy atom. The Balaban J connectivity index is 2.17. The van der Waals surface area contributed by atoms with Crippen LogP contribution in [0.3, 0.4) is 0 Å². The molecule has 2 aromatic rings. The molecule has 3 heteroatoms. The van der Waals surface area contributed by atoms with Gasteiger partial charge in [0.1, 0.15) is 5.52 Å². The lowest BCUT2D eigenvalue weighted by molar-refractivity contribution is 0.602. The Morgan fingerprint density at radius 3 is 2.93 bits per heavy atom. The average Bonchev–Trinajstić information content (AvgIpc) is 2.78. The zero-order chi connectivity index (χ0) is 10.1. The summed E-state index contributed by atoms with van der Waals surface area (Å²) in [6, 6.07) is 5.92. The van der Waals surface area contributed by atoms with Crippen LogP contribution in [0.25, 0.3) is 11.1 Å². The molecule has 1 aliphatic rings. The van der Waals surface area contributed by atoms with Crippen LogP contribution in [-0.2, 0) is 0 Å². The van der Waals surface area contributed by atoms with Crippen molar-refractivity contribution in [2.24, 2.45) is 0 Å². The molecule has 0 saturated carbocycles. The first kappa shape index (κ1) is 8.29. The van der Waals surface area contributed by atoms with Crippen molar-refractivity contribution in [1.82, 2.24) is 4.98 Å². The van der Waals surface area contributed by atoms with E-state index in [1.807, 2.05) is 35.5 Å². The Bertz CT molecular complexity index is 527. The third-order valence-electron chi connectivity index (χ3n) is 2.42. The summed E-state index contributed by atoms with van der Waals surface area (Å²) >= 11 is 0. The van der Waals surface area contributed by atoms with Gasteiger partial charge in [-0.3, -0.25) is 0 Å². The maximum Gasteiger partial charge on any atom is 0.182 e. The topological polar surface area (TPSA) is 29.3 Å². The Hall–Kier alpha value is -2.03. The summed E-state index contributed by atoms with van der Waals surface area (Å²) in [4.78, 5) is 6.27. The van der Waals surface area contributed by atoms with Gasteiger partial charge in [-0.15, -0.1) is 0 Å². The van der Waals surface area contributed by atoms with Gasteiger partial charge in [0.15, 0.2) is 12.0 Å². The number of anilines is 1. The highest BCUT2D eigenvalue weighted by Crippen LogP contribution is 2.26. The van der Waals surface area contributed by atoms with E-state index < -0.39 is 0 Å². The van der Waals surface area contributed by atoms with Gasteiger partial charge < -0.3 is 9.32 Å². The predicted octanol–water partition coefficient (Wildman–Crippen LogP) is 3.07. The number of oxazole rings is 1. The van der Waals surface area contributed by atoms with Crippen LogP contribution >= 0.6 is 0 Å². The standard InChI is InChI=1S/C12H10N2O/c1-2-7-14(8-3-1)10-5-4-6-11-12(10)13-9-15-11/h2-9H,1H2. The fourth-order valence-corrected chi connectivity index (χ4v) is 1.72. The van der Waals surface area contributed by atoms with E-state index in [1.165, 1.54) is 6.39 Å². The second kappa shape index (κ2) is 3.28. The molecule has 0 radical (unpaired) electrons. The molecule has 0 N–H and O–H groups in total. The summed E-state index contributed by atoms with van der Waals surface area (Å²) in [5, 5.41) is 0. The monoisotopic (exact) mass is 198 g/mol. The number of para-hydroxylation sites is 1. The number of hydrogen-bond donors (Lipinski definition) is 0. The number of aromatic nitrogens is 1. The van der Waals surface area contributed by atoms with Crippen molar-refractivity contribution in [2.75, 3.05) is 4.90 Å². The van der Waals surface area contributed by atoms with Gasteiger partial charge in [0, 0.05) is 12.4 Å². The molecular weight excluding hydrogens is 188 g/mol. The fraction of sp³-hybridized carbons (Fsp3) is 0.0833. The maximum atomic E-state index is 5.26. The van der Waals surface area contributed by atoms with Crippen molar-refractivity contribution in [1.29, 1.82) is 0 Å². The SMILES string of the molecule is C1=CN(c2cccc3ocnc23)C=CC1. The smallest absolute Gasteiger partial charge is 0.182 e. The van der Waals surface area contributed by atoms with E-state index in [0.717, 1.165) is 23.2 Å². The molecule has 15 heavy (non-hydrogen) atoms. The normalized spacial score (nSPS) is 15.1. The molecule has 3 nitrogen and oxygen atoms in total. The highest BCUT2D eigenvalue weighted by molar-refractivity contribution is 5.88. The van der Waals surface area contributed by atoms with E-state index in [0.29, 0.717) is 0 Å². The maximum absolute atomic E-state index is 5.26. The number of fused-ring (bicyclic) bond motifs is 1. The van der Waals surface area contributed by atoms with Crippen LogP contribution in [0.4, 0.5) is 5.69 Å². The van der Waals surface area contributed by atoms with Gasteiger partial charge in [-0.1, -0.05) is 18.2 Å². The van der Waals surface area contributed by atoms with Crippen LogP contribution in [0.5, 0.6) is 0 Å². The number of hydrogen-bond acceptors (Lipinski definition) is 3. The quantitative estimate of drug-likeness (QED) is 0.705. The summed E-state index contributed by atoms with van der Waals surface area (Å²) in [6.45, 7) is 0. The van der Waals surface area contributed by atoms with Crippen molar-refractivity contribution in [3.05, 3.63) is 49.1 Å². The lowest BCUT2D eigenvalue weighted by atomic mass is 10.2. The van der Waals surface area contributed by atoms with E-state index in [9.17, 15) is 0 Å². The minimum Gasteiger partial charge on any atom is -0.443 e. The molecule has 0 saturated heterocycles. The summed E-state index contributed by atoms with van der Waals surface area (Å²) in [5.41, 5.74) is 2.77. The molecule has 0 atom stereocenters. The second-order valence-corrected chi connectivity index (χ2v) is 3.39. The van der Waals surface area contributed by atoms with E-state index in [4.69, 9.17) is 4.42 Å². The number of benzene rings is 1. The predicted molar refractivity (Wildman–Crippen MR) is 59.4 cm³/mol. The molecule has 3 rings (SSSR count). The molecule has 1 aliphatic heterocycles. The highest BCUT2D eigenvalue weighted by Gasteiger charge is 2.09. The van der Waals surface area contributed by atoms with Gasteiger partial charge in [0.25, 0.3) is 0 Å². The molecule has 1 aromatic carbocycles. The first-order valence-corrected chi connectivity index (χ1v) is 4.89. The average molecular weight is 198 g/mol. The van der Waals surface area contributed by atoms with Crippen LogP contribution in [0.1, 0.15) is 6.42 Å². The van der Waals surface area contributed by atoms with Gasteiger partial charge in [-0.25, -0.2) is 4.98 Å². The number of rotatable bonds is 1. The summed E-state index contributed by atoms with van der Waals surface area (Å²) in [5.74, 6) is 0. The molecule has 0 amide bonds. The van der Waals surface area contributed by atoms with Gasteiger partial charge in [-0.05, 0) is 18.6 Å². The van der Waals surface area contributed by atoms with Crippen LogP contribution in [0.2, 0.25) is 0 Å². The molecule has 74 valence electrons. The van der Waals surface area contributed by atoms with Crippen molar-refractivity contribution in [3.63, 3.8) is 0 Å². The number of nitrogens with zero attached hydrogens (tertiary/aromatic N) is 2. The van der Waals surface area contributed by atoms with Gasteiger partial charge in [-0.2, -0.15) is 0 Å². The third kappa shape index (κ3) is 1.32. The lowest BCUT2D eigenvalue weighted by Gasteiger charge is -2.17. The zero-order valence-corrected chi connectivity index (χ0v) is 8.13. The summed E-state index contributed by atoms with van der Waals surface area (Å²) in [6.07, 6.45) is 10.8. The molecule has 1 aromatic heterocycles. The van der Waals surface area contributed by atoms with Gasteiger partial charge in [0.2, 0.25) is 0 Å². The molecule has 0 aliphatic carbocycles. The minimum atomic E-state index is 0.819. The van der Waals surface area contributed by atoms with Gasteiger partial charge >= 0.3 is 0 Å². The van der Waals surface area contributed by atoms with Crippen molar-refractivity contribution in [2.45, 2.75) is 6.42 Å². The molecule has 2 heterocycles. The Morgan fingerprint density at radius 1 is 1.20 bits per heavy atom. The lowest BCUT2D eigenvalue weighted by Crippen LogP contribution is -2.09. The van der Waals surface area contributed by atoms with Crippen LogP contribution < -0.4 is 4.90 Å². The highest BCUT2D eigenvalue weighted by atomic mass is 16.3. The van der Waals surface area contributed by atoms with Crippen LogP contribution in [-0.4, -0.2) is 4.98 Å². The summed E-state index contributed by atoms with van der Waals surface area (Å²) < 4.78 is 5.26. The Labute approximate surface area is 87.3 Å². The van der Waals surface area contributed by atoms with Crippen LogP contribution in [0, 0.1) is 0 Å². The molecular formula is C12H10N2O. The zero-order valence-electron chi connectivity index (χ0n) is 8.13. The van der Waals surface area contributed by atoms with E-state index >= 15 is 0 Å². The van der Waals surface area contributed by atoms with Crippen molar-refractivity contribution in [3.8, 4) is 0 Å². The molecule has 0 fully saturated rings. The van der Waals surface area contributed by atoms with E-state index in [2.05, 4.69) is 17.1 Å². The molecule has 0 bridgehead atoms. The van der Waals surface area contributed by atoms with Crippen molar-refractivity contribution >= 4 is 16.8 Å². The van der Waals surface area contributed by atoms with Crippen LogP contribution in [0.15, 0.2) is 53.6 Å². The van der Waals surface area contributed by atoms with E-state index in [-0.39, 0.29) is 0 Å². The fourth-order valence-electron chi connectivity index (χ4n) is 1.72. The van der Waals surface area contributed by atoms with Gasteiger partial charge in [0.05, 0.1) is 5.69 Å². The first-order valence-electron chi connectivity index (χ1n) is 4.89. The first-order chi connectivity index (χ1) is 7.45. The second-order valence-electron chi connectivity index (χ2n) is 3.39. The number of allylic oxidation sites excluding steroid dienone is 2. The minimum absolute atomic E-state index is 0.819. The largest absolute Gasteiger partial charge is 0.443 e. The molecule has 0 spiro atoms. The third-order valence-corrected chi connectivity index (χ3v) is 2.42. The Kier molecular flexibility index (Phi) is 1.81. The molecule has 0 unspecified atom stereocenters.